The summed E-state index contributed by atoms with van der Waals surface area (Å²) in [5.41, 5.74) is 1.47. The first kappa shape index (κ1) is 8.86. The van der Waals surface area contributed by atoms with Crippen LogP contribution in [0.3, 0.4) is 0 Å². The van der Waals surface area contributed by atoms with Gasteiger partial charge in [-0.05, 0) is 19.1 Å². The van der Waals surface area contributed by atoms with Gasteiger partial charge in [-0.1, -0.05) is 12.1 Å². The Kier molecular flexibility index (Phi) is 1.68. The molecule has 0 spiro atoms. The van der Waals surface area contributed by atoms with Gasteiger partial charge >= 0.3 is 0 Å². The molecule has 16 heavy (non-hydrogen) atoms. The minimum atomic E-state index is 0.667. The van der Waals surface area contributed by atoms with E-state index < -0.39 is 0 Å². The van der Waals surface area contributed by atoms with Crippen LogP contribution in [-0.2, 0) is 0 Å². The van der Waals surface area contributed by atoms with Crippen LogP contribution in [0.4, 0.5) is 0 Å². The SMILES string of the molecule is Cc1nnc2c3cccc(C#N)c3ccn12. The van der Waals surface area contributed by atoms with Gasteiger partial charge in [-0.15, -0.1) is 10.2 Å². The van der Waals surface area contributed by atoms with Crippen molar-refractivity contribution in [3.63, 3.8) is 0 Å². The number of hydrogen-bond acceptors (Lipinski definition) is 3. The summed E-state index contributed by atoms with van der Waals surface area (Å²) in [5, 5.41) is 19.1. The van der Waals surface area contributed by atoms with Gasteiger partial charge in [0.15, 0.2) is 5.65 Å². The molecule has 1 aromatic carbocycles. The lowest BCUT2D eigenvalue weighted by Crippen LogP contribution is -1.89. The molecule has 76 valence electrons. The van der Waals surface area contributed by atoms with Gasteiger partial charge in [-0.3, -0.25) is 4.40 Å². The minimum absolute atomic E-state index is 0.667. The van der Waals surface area contributed by atoms with E-state index in [0.717, 1.165) is 22.2 Å². The zero-order valence-corrected chi connectivity index (χ0v) is 8.68. The number of rotatable bonds is 0. The highest BCUT2D eigenvalue weighted by atomic mass is 15.2. The van der Waals surface area contributed by atoms with Crippen molar-refractivity contribution >= 4 is 16.4 Å². The average Bonchev–Trinajstić information content (AvgIpc) is 2.70. The van der Waals surface area contributed by atoms with Gasteiger partial charge in [-0.2, -0.15) is 5.26 Å². The summed E-state index contributed by atoms with van der Waals surface area (Å²) in [6.07, 6.45) is 1.90. The Labute approximate surface area is 91.8 Å². The molecule has 0 aliphatic rings. The Morgan fingerprint density at radius 3 is 2.88 bits per heavy atom. The van der Waals surface area contributed by atoms with Crippen LogP contribution in [0.5, 0.6) is 0 Å². The standard InChI is InChI=1S/C12H8N4/c1-8-14-15-12-11-4-2-3-9(7-13)10(11)5-6-16(8)12/h2-6H,1H3. The highest BCUT2D eigenvalue weighted by Crippen LogP contribution is 2.22. The van der Waals surface area contributed by atoms with Crippen LogP contribution in [0.2, 0.25) is 0 Å². The summed E-state index contributed by atoms with van der Waals surface area (Å²) in [7, 11) is 0. The molecule has 2 aromatic heterocycles. The van der Waals surface area contributed by atoms with Crippen LogP contribution < -0.4 is 0 Å². The van der Waals surface area contributed by atoms with E-state index in [1.807, 2.05) is 41.8 Å². The predicted molar refractivity (Wildman–Crippen MR) is 59.9 cm³/mol. The van der Waals surface area contributed by atoms with E-state index in [1.54, 1.807) is 0 Å². The van der Waals surface area contributed by atoms with Crippen molar-refractivity contribution in [1.29, 1.82) is 5.26 Å². The first-order valence-electron chi connectivity index (χ1n) is 4.94. The molecule has 3 rings (SSSR count). The number of benzene rings is 1. The van der Waals surface area contributed by atoms with E-state index in [0.29, 0.717) is 5.56 Å². The number of nitrogens with zero attached hydrogens (tertiary/aromatic N) is 4. The van der Waals surface area contributed by atoms with Gasteiger partial charge in [0.25, 0.3) is 0 Å². The Balaban J connectivity index is 2.58. The summed E-state index contributed by atoms with van der Waals surface area (Å²) in [6, 6.07) is 9.74. The molecule has 0 aliphatic heterocycles. The summed E-state index contributed by atoms with van der Waals surface area (Å²) >= 11 is 0. The summed E-state index contributed by atoms with van der Waals surface area (Å²) in [6.45, 7) is 1.90. The number of nitriles is 1. The average molecular weight is 208 g/mol. The van der Waals surface area contributed by atoms with Crippen molar-refractivity contribution in [2.75, 3.05) is 0 Å². The summed E-state index contributed by atoms with van der Waals surface area (Å²) < 4.78 is 1.92. The molecule has 0 fully saturated rings. The first-order chi connectivity index (χ1) is 7.81. The molecule has 0 saturated carbocycles. The third-order valence-electron chi connectivity index (χ3n) is 2.72. The molecule has 0 amide bonds. The zero-order valence-electron chi connectivity index (χ0n) is 8.68. The number of fused-ring (bicyclic) bond motifs is 3. The van der Waals surface area contributed by atoms with Crippen molar-refractivity contribution < 1.29 is 0 Å². The van der Waals surface area contributed by atoms with E-state index in [9.17, 15) is 0 Å². The van der Waals surface area contributed by atoms with E-state index in [-0.39, 0.29) is 0 Å². The van der Waals surface area contributed by atoms with Crippen molar-refractivity contribution in [2.24, 2.45) is 0 Å². The lowest BCUT2D eigenvalue weighted by Gasteiger charge is -2.01. The smallest absolute Gasteiger partial charge is 0.168 e. The molecular formula is C12H8N4. The van der Waals surface area contributed by atoms with Crippen LogP contribution in [0.25, 0.3) is 16.4 Å². The highest BCUT2D eigenvalue weighted by Gasteiger charge is 2.07. The molecule has 0 N–H and O–H groups in total. The topological polar surface area (TPSA) is 54.0 Å². The quantitative estimate of drug-likeness (QED) is 0.568. The van der Waals surface area contributed by atoms with Crippen molar-refractivity contribution in [2.45, 2.75) is 6.92 Å². The fraction of sp³-hybridized carbons (Fsp3) is 0.0833. The van der Waals surface area contributed by atoms with Gasteiger partial charge in [0.05, 0.1) is 11.6 Å². The minimum Gasteiger partial charge on any atom is -0.286 e. The molecule has 0 radical (unpaired) electrons. The Morgan fingerprint density at radius 1 is 1.19 bits per heavy atom. The number of hydrogen-bond donors (Lipinski definition) is 0. The van der Waals surface area contributed by atoms with E-state index >= 15 is 0 Å². The molecule has 0 aliphatic carbocycles. The van der Waals surface area contributed by atoms with E-state index in [4.69, 9.17) is 5.26 Å². The second kappa shape index (κ2) is 3.04. The third-order valence-corrected chi connectivity index (χ3v) is 2.72. The van der Waals surface area contributed by atoms with Crippen LogP contribution in [0.15, 0.2) is 30.5 Å². The lowest BCUT2D eigenvalue weighted by molar-refractivity contribution is 1.01. The Morgan fingerprint density at radius 2 is 2.06 bits per heavy atom. The van der Waals surface area contributed by atoms with Crippen molar-refractivity contribution in [3.8, 4) is 6.07 Å². The number of pyridine rings is 1. The van der Waals surface area contributed by atoms with Crippen LogP contribution in [0.1, 0.15) is 11.4 Å². The zero-order chi connectivity index (χ0) is 11.1. The van der Waals surface area contributed by atoms with Crippen molar-refractivity contribution in [3.05, 3.63) is 41.9 Å². The molecule has 4 nitrogen and oxygen atoms in total. The van der Waals surface area contributed by atoms with Crippen LogP contribution in [0, 0.1) is 18.3 Å². The molecular weight excluding hydrogens is 200 g/mol. The molecule has 0 saturated heterocycles. The van der Waals surface area contributed by atoms with Gasteiger partial charge in [0.2, 0.25) is 0 Å². The first-order valence-corrected chi connectivity index (χ1v) is 4.94. The second-order valence-corrected chi connectivity index (χ2v) is 3.64. The maximum atomic E-state index is 9.02. The molecule has 3 aromatic rings. The highest BCUT2D eigenvalue weighted by molar-refractivity contribution is 5.97. The van der Waals surface area contributed by atoms with Gasteiger partial charge < -0.3 is 0 Å². The van der Waals surface area contributed by atoms with Crippen LogP contribution in [-0.4, -0.2) is 14.6 Å². The van der Waals surface area contributed by atoms with Gasteiger partial charge in [0.1, 0.15) is 5.82 Å². The maximum Gasteiger partial charge on any atom is 0.168 e. The molecule has 4 heteroatoms. The Hall–Kier alpha value is -2.41. The second-order valence-electron chi connectivity index (χ2n) is 3.64. The number of aromatic nitrogens is 3. The number of aryl methyl sites for hydroxylation is 1. The van der Waals surface area contributed by atoms with Gasteiger partial charge in [-0.25, -0.2) is 0 Å². The monoisotopic (exact) mass is 208 g/mol. The lowest BCUT2D eigenvalue weighted by atomic mass is 10.1. The maximum absolute atomic E-state index is 9.02. The molecule has 0 bridgehead atoms. The molecule has 0 unspecified atom stereocenters. The molecule has 2 heterocycles. The van der Waals surface area contributed by atoms with Crippen LogP contribution >= 0.6 is 0 Å². The molecule has 0 atom stereocenters. The van der Waals surface area contributed by atoms with E-state index in [1.165, 1.54) is 0 Å². The normalized spacial score (nSPS) is 10.8. The van der Waals surface area contributed by atoms with E-state index in [2.05, 4.69) is 16.3 Å². The fourth-order valence-corrected chi connectivity index (χ4v) is 1.92. The summed E-state index contributed by atoms with van der Waals surface area (Å²) in [4.78, 5) is 0. The summed E-state index contributed by atoms with van der Waals surface area (Å²) in [5.74, 6) is 0.847. The van der Waals surface area contributed by atoms with Crippen molar-refractivity contribution in [1.82, 2.24) is 14.6 Å². The third kappa shape index (κ3) is 1.03. The fourth-order valence-electron chi connectivity index (χ4n) is 1.92. The predicted octanol–water partition coefficient (Wildman–Crippen LogP) is 2.06. The van der Waals surface area contributed by atoms with Gasteiger partial charge in [0, 0.05) is 17.0 Å². The Bertz CT molecular complexity index is 734. The largest absolute Gasteiger partial charge is 0.286 e.